The van der Waals surface area contributed by atoms with Crippen LogP contribution < -0.4 is 5.43 Å². The standard InChI is InChI=1S/C12H24N2/c1-10(2)9-14(7)13-11(3)8-12(4,5)6/h13H,1,3,8-9H2,2,4-7H3. The molecule has 0 saturated carbocycles. The van der Waals surface area contributed by atoms with Crippen LogP contribution >= 0.6 is 0 Å². The highest BCUT2D eigenvalue weighted by Crippen LogP contribution is 2.21. The van der Waals surface area contributed by atoms with Gasteiger partial charge in [0.05, 0.1) is 0 Å². The molecule has 2 heteroatoms. The molecule has 0 aromatic rings. The fraction of sp³-hybridized carbons (Fsp3) is 0.667. The van der Waals surface area contributed by atoms with E-state index in [9.17, 15) is 0 Å². The van der Waals surface area contributed by atoms with Crippen molar-refractivity contribution >= 4 is 0 Å². The molecule has 2 nitrogen and oxygen atoms in total. The van der Waals surface area contributed by atoms with E-state index in [2.05, 4.69) is 39.4 Å². The van der Waals surface area contributed by atoms with Crippen LogP contribution in [-0.2, 0) is 0 Å². The Balaban J connectivity index is 3.89. The van der Waals surface area contributed by atoms with Gasteiger partial charge in [0, 0.05) is 19.3 Å². The molecule has 0 aliphatic heterocycles. The first-order chi connectivity index (χ1) is 6.20. The lowest BCUT2D eigenvalue weighted by Crippen LogP contribution is -2.35. The van der Waals surface area contributed by atoms with Crippen molar-refractivity contribution in [3.63, 3.8) is 0 Å². The molecule has 0 aliphatic carbocycles. The molecule has 82 valence electrons. The summed E-state index contributed by atoms with van der Waals surface area (Å²) in [5.74, 6) is 0. The van der Waals surface area contributed by atoms with E-state index in [0.717, 1.165) is 24.2 Å². The summed E-state index contributed by atoms with van der Waals surface area (Å²) in [5.41, 5.74) is 5.73. The van der Waals surface area contributed by atoms with Crippen molar-refractivity contribution in [1.29, 1.82) is 0 Å². The molecule has 0 aromatic carbocycles. The Bertz CT molecular complexity index is 211. The average Bonchev–Trinajstić information content (AvgIpc) is 1.77. The van der Waals surface area contributed by atoms with Crippen molar-refractivity contribution in [2.45, 2.75) is 34.1 Å². The number of likely N-dealkylation sites (N-methyl/N-ethyl adjacent to an activating group) is 1. The lowest BCUT2D eigenvalue weighted by atomic mass is 9.91. The quantitative estimate of drug-likeness (QED) is 0.537. The van der Waals surface area contributed by atoms with Crippen molar-refractivity contribution in [1.82, 2.24) is 10.4 Å². The fourth-order valence-corrected chi connectivity index (χ4v) is 1.39. The van der Waals surface area contributed by atoms with Crippen LogP contribution in [0.2, 0.25) is 0 Å². The normalized spacial score (nSPS) is 11.6. The van der Waals surface area contributed by atoms with Gasteiger partial charge in [0.25, 0.3) is 0 Å². The summed E-state index contributed by atoms with van der Waals surface area (Å²) in [4.78, 5) is 0. The monoisotopic (exact) mass is 196 g/mol. The van der Waals surface area contributed by atoms with E-state index in [1.165, 1.54) is 0 Å². The number of allylic oxidation sites excluding steroid dienone is 1. The van der Waals surface area contributed by atoms with E-state index < -0.39 is 0 Å². The zero-order chi connectivity index (χ0) is 11.4. The van der Waals surface area contributed by atoms with Crippen LogP contribution in [-0.4, -0.2) is 18.6 Å². The third-order valence-electron chi connectivity index (χ3n) is 1.60. The van der Waals surface area contributed by atoms with Crippen LogP contribution in [0.4, 0.5) is 0 Å². The molecule has 0 unspecified atom stereocenters. The molecule has 1 N–H and O–H groups in total. The summed E-state index contributed by atoms with van der Waals surface area (Å²) in [6.45, 7) is 17.4. The number of nitrogens with one attached hydrogen (secondary N) is 1. The van der Waals surface area contributed by atoms with Gasteiger partial charge in [-0.05, 0) is 18.8 Å². The van der Waals surface area contributed by atoms with Crippen molar-refractivity contribution in [2.24, 2.45) is 5.41 Å². The van der Waals surface area contributed by atoms with Crippen molar-refractivity contribution < 1.29 is 0 Å². The Morgan fingerprint density at radius 2 is 1.79 bits per heavy atom. The summed E-state index contributed by atoms with van der Waals surface area (Å²) in [6.07, 6.45) is 0.980. The average molecular weight is 196 g/mol. The van der Waals surface area contributed by atoms with Gasteiger partial charge in [0.2, 0.25) is 0 Å². The minimum atomic E-state index is 0.286. The maximum atomic E-state index is 4.00. The predicted octanol–water partition coefficient (Wildman–Crippen LogP) is 2.95. The Kier molecular flexibility index (Phi) is 4.92. The SMILES string of the molecule is C=C(C)CN(C)NC(=C)CC(C)(C)C. The number of hydrogen-bond donors (Lipinski definition) is 1. The largest absolute Gasteiger partial charge is 0.324 e. The van der Waals surface area contributed by atoms with Crippen molar-refractivity contribution in [2.75, 3.05) is 13.6 Å². The molecule has 0 aliphatic rings. The third kappa shape index (κ3) is 7.87. The first-order valence-corrected chi connectivity index (χ1v) is 5.00. The Labute approximate surface area is 88.7 Å². The molecular weight excluding hydrogens is 172 g/mol. The van der Waals surface area contributed by atoms with Gasteiger partial charge in [-0.15, -0.1) is 0 Å². The second-order valence-corrected chi connectivity index (χ2v) is 5.27. The fourth-order valence-electron chi connectivity index (χ4n) is 1.39. The highest BCUT2D eigenvalue weighted by Gasteiger charge is 2.12. The molecular formula is C12H24N2. The van der Waals surface area contributed by atoms with Gasteiger partial charge in [-0.2, -0.15) is 0 Å². The molecule has 0 fully saturated rings. The van der Waals surface area contributed by atoms with Gasteiger partial charge in [-0.1, -0.05) is 39.5 Å². The van der Waals surface area contributed by atoms with Crippen LogP contribution in [0.15, 0.2) is 24.4 Å². The van der Waals surface area contributed by atoms with E-state index in [4.69, 9.17) is 0 Å². The summed E-state index contributed by atoms with van der Waals surface area (Å²) >= 11 is 0. The molecule has 0 heterocycles. The van der Waals surface area contributed by atoms with Gasteiger partial charge in [-0.3, -0.25) is 0 Å². The summed E-state index contributed by atoms with van der Waals surface area (Å²) in [5, 5.41) is 2.01. The molecule has 0 atom stereocenters. The highest BCUT2D eigenvalue weighted by molar-refractivity contribution is 4.96. The highest BCUT2D eigenvalue weighted by atomic mass is 15.5. The van der Waals surface area contributed by atoms with Gasteiger partial charge in [0.15, 0.2) is 0 Å². The molecule has 0 bridgehead atoms. The smallest absolute Gasteiger partial charge is 0.0380 e. The second kappa shape index (κ2) is 5.20. The summed E-state index contributed by atoms with van der Waals surface area (Å²) in [7, 11) is 2.00. The molecule has 0 radical (unpaired) electrons. The lowest BCUT2D eigenvalue weighted by molar-refractivity contribution is 0.267. The van der Waals surface area contributed by atoms with Gasteiger partial charge < -0.3 is 5.43 Å². The van der Waals surface area contributed by atoms with Crippen LogP contribution in [0.25, 0.3) is 0 Å². The minimum absolute atomic E-state index is 0.286. The number of hydrazine groups is 1. The number of hydrogen-bond acceptors (Lipinski definition) is 2. The van der Waals surface area contributed by atoms with Crippen molar-refractivity contribution in [3.05, 3.63) is 24.4 Å². The molecule has 14 heavy (non-hydrogen) atoms. The predicted molar refractivity (Wildman–Crippen MR) is 63.8 cm³/mol. The zero-order valence-corrected chi connectivity index (χ0v) is 10.3. The van der Waals surface area contributed by atoms with E-state index in [-0.39, 0.29) is 5.41 Å². The Hall–Kier alpha value is -0.760. The van der Waals surface area contributed by atoms with Gasteiger partial charge in [-0.25, -0.2) is 5.01 Å². The van der Waals surface area contributed by atoms with Gasteiger partial charge in [0.1, 0.15) is 0 Å². The second-order valence-electron chi connectivity index (χ2n) is 5.27. The lowest BCUT2D eigenvalue weighted by Gasteiger charge is -2.25. The minimum Gasteiger partial charge on any atom is -0.324 e. The Morgan fingerprint density at radius 3 is 2.14 bits per heavy atom. The summed E-state index contributed by atoms with van der Waals surface area (Å²) < 4.78 is 0. The van der Waals surface area contributed by atoms with Crippen molar-refractivity contribution in [3.8, 4) is 0 Å². The van der Waals surface area contributed by atoms with E-state index >= 15 is 0 Å². The van der Waals surface area contributed by atoms with Crippen LogP contribution in [0.1, 0.15) is 34.1 Å². The number of nitrogens with zero attached hydrogens (tertiary/aromatic N) is 1. The third-order valence-corrected chi connectivity index (χ3v) is 1.60. The van der Waals surface area contributed by atoms with Crippen LogP contribution in [0, 0.1) is 5.41 Å². The van der Waals surface area contributed by atoms with E-state index in [1.54, 1.807) is 0 Å². The van der Waals surface area contributed by atoms with Crippen LogP contribution in [0.5, 0.6) is 0 Å². The van der Waals surface area contributed by atoms with E-state index in [0.29, 0.717) is 0 Å². The summed E-state index contributed by atoms with van der Waals surface area (Å²) in [6, 6.07) is 0. The molecule has 0 amide bonds. The van der Waals surface area contributed by atoms with Gasteiger partial charge >= 0.3 is 0 Å². The van der Waals surface area contributed by atoms with E-state index in [1.807, 2.05) is 19.0 Å². The first kappa shape index (κ1) is 13.2. The molecule has 0 rings (SSSR count). The Morgan fingerprint density at radius 1 is 1.29 bits per heavy atom. The maximum Gasteiger partial charge on any atom is 0.0380 e. The maximum absolute atomic E-state index is 4.00. The first-order valence-electron chi connectivity index (χ1n) is 5.00. The zero-order valence-electron chi connectivity index (χ0n) is 10.3. The molecule has 0 aromatic heterocycles. The molecule has 0 saturated heterocycles. The van der Waals surface area contributed by atoms with Crippen LogP contribution in [0.3, 0.4) is 0 Å². The topological polar surface area (TPSA) is 15.3 Å². The molecule has 0 spiro atoms. The number of rotatable bonds is 5.